The predicted octanol–water partition coefficient (Wildman–Crippen LogP) is 4.76. The first kappa shape index (κ1) is 27.2. The zero-order valence-electron chi connectivity index (χ0n) is 19.6. The Morgan fingerprint density at radius 2 is 1.81 bits per heavy atom. The Labute approximate surface area is 222 Å². The Bertz CT molecular complexity index is 1280. The number of aliphatic imine (C=N–C) groups is 1. The summed E-state index contributed by atoms with van der Waals surface area (Å²) in [4.78, 5) is 45.0. The van der Waals surface area contributed by atoms with Crippen molar-refractivity contribution < 1.29 is 28.2 Å². The number of esters is 1. The fourth-order valence-corrected chi connectivity index (χ4v) is 4.68. The minimum atomic E-state index is -0.801. The summed E-state index contributed by atoms with van der Waals surface area (Å²) >= 11 is 1.01. The van der Waals surface area contributed by atoms with E-state index < -0.39 is 29.6 Å². The normalized spacial score (nSPS) is 16.8. The lowest BCUT2D eigenvalue weighted by Gasteiger charge is -2.38. The van der Waals surface area contributed by atoms with E-state index in [1.165, 1.54) is 35.2 Å². The third kappa shape index (κ3) is 5.52. The van der Waals surface area contributed by atoms with Gasteiger partial charge < -0.3 is 14.8 Å². The number of fused-ring (bicyclic) bond motifs is 1. The standard InChI is InChI=1S/C25H22FN3O5S.BrH/c1-4-34-24(32)21-14(2)27-25-29(22(21)15-5-11-18(33-3)12-6-15)20(30)13-19(35-25)23(31)28-17-9-7-16(26)8-10-17;/h5-13,22H,4H2,1-3H3,(H,28,31);1H. The Hall–Kier alpha value is -3.44. The number of rotatable bonds is 6. The number of benzene rings is 2. The van der Waals surface area contributed by atoms with E-state index in [4.69, 9.17) is 9.47 Å². The largest absolute Gasteiger partial charge is 0.497 e. The number of thioether (sulfide) groups is 1. The highest BCUT2D eigenvalue weighted by Gasteiger charge is 2.42. The molecule has 0 spiro atoms. The molecular formula is C25H23BrFN3O5S. The molecule has 0 fully saturated rings. The SMILES string of the molecule is Br.CCOC(=O)C1=C(C)N=C2SC(C(=O)Nc3ccc(F)cc3)=CC(=O)N2C1c1ccc(OC)cc1. The maximum Gasteiger partial charge on any atom is 0.338 e. The fraction of sp³-hybridized carbons (Fsp3) is 0.200. The molecule has 11 heteroatoms. The van der Waals surface area contributed by atoms with E-state index in [1.807, 2.05) is 0 Å². The van der Waals surface area contributed by atoms with Crippen molar-refractivity contribution in [3.05, 3.63) is 82.2 Å². The molecule has 2 aromatic rings. The van der Waals surface area contributed by atoms with Gasteiger partial charge in [0.1, 0.15) is 11.6 Å². The van der Waals surface area contributed by atoms with E-state index in [2.05, 4.69) is 10.3 Å². The highest BCUT2D eigenvalue weighted by molar-refractivity contribution is 8.93. The molecule has 0 saturated heterocycles. The van der Waals surface area contributed by atoms with Gasteiger partial charge in [-0.25, -0.2) is 14.2 Å². The van der Waals surface area contributed by atoms with Gasteiger partial charge in [0.2, 0.25) is 0 Å². The van der Waals surface area contributed by atoms with Gasteiger partial charge in [0.25, 0.3) is 11.8 Å². The zero-order chi connectivity index (χ0) is 25.1. The number of methoxy groups -OCH3 is 1. The number of allylic oxidation sites excluding steroid dienone is 1. The molecule has 188 valence electrons. The second kappa shape index (κ2) is 11.5. The minimum Gasteiger partial charge on any atom is -0.497 e. The molecule has 2 amide bonds. The van der Waals surface area contributed by atoms with Crippen LogP contribution >= 0.6 is 28.7 Å². The van der Waals surface area contributed by atoms with Crippen molar-refractivity contribution in [2.24, 2.45) is 4.99 Å². The van der Waals surface area contributed by atoms with E-state index in [-0.39, 0.29) is 39.2 Å². The van der Waals surface area contributed by atoms with E-state index in [9.17, 15) is 18.8 Å². The number of carbonyl (C=O) groups is 3. The zero-order valence-corrected chi connectivity index (χ0v) is 22.1. The van der Waals surface area contributed by atoms with Crippen LogP contribution in [0.15, 0.2) is 75.8 Å². The van der Waals surface area contributed by atoms with Crippen molar-refractivity contribution in [2.45, 2.75) is 19.9 Å². The van der Waals surface area contributed by atoms with Gasteiger partial charge >= 0.3 is 5.97 Å². The van der Waals surface area contributed by atoms with Crippen molar-refractivity contribution in [1.29, 1.82) is 0 Å². The van der Waals surface area contributed by atoms with E-state index in [0.29, 0.717) is 22.7 Å². The Balaban J connectivity index is 0.00000361. The smallest absolute Gasteiger partial charge is 0.338 e. The van der Waals surface area contributed by atoms with Crippen molar-refractivity contribution >= 4 is 57.4 Å². The number of nitrogens with zero attached hydrogens (tertiary/aromatic N) is 2. The second-order valence-electron chi connectivity index (χ2n) is 7.57. The first-order valence-corrected chi connectivity index (χ1v) is 11.5. The Morgan fingerprint density at radius 1 is 1.14 bits per heavy atom. The van der Waals surface area contributed by atoms with Crippen LogP contribution in [0.4, 0.5) is 10.1 Å². The summed E-state index contributed by atoms with van der Waals surface area (Å²) < 4.78 is 23.7. The van der Waals surface area contributed by atoms with Gasteiger partial charge in [0.15, 0.2) is 5.17 Å². The van der Waals surface area contributed by atoms with Crippen molar-refractivity contribution in [1.82, 2.24) is 4.90 Å². The maximum atomic E-state index is 13.3. The topological polar surface area (TPSA) is 97.3 Å². The number of anilines is 1. The Kier molecular flexibility index (Phi) is 8.70. The number of halogens is 2. The molecule has 2 heterocycles. The van der Waals surface area contributed by atoms with Crippen LogP contribution < -0.4 is 10.1 Å². The van der Waals surface area contributed by atoms with Crippen LogP contribution in [-0.4, -0.2) is 41.6 Å². The summed E-state index contributed by atoms with van der Waals surface area (Å²) in [6.07, 6.45) is 1.20. The summed E-state index contributed by atoms with van der Waals surface area (Å²) in [6.45, 7) is 3.52. The lowest BCUT2D eigenvalue weighted by atomic mass is 9.94. The average molecular weight is 576 g/mol. The number of ether oxygens (including phenoxy) is 2. The van der Waals surface area contributed by atoms with Gasteiger partial charge in [0, 0.05) is 11.8 Å². The fourth-order valence-electron chi connectivity index (χ4n) is 3.71. The number of carbonyl (C=O) groups excluding carboxylic acids is 3. The first-order chi connectivity index (χ1) is 16.8. The molecule has 1 unspecified atom stereocenters. The van der Waals surface area contributed by atoms with Gasteiger partial charge in [-0.3, -0.25) is 14.5 Å². The molecule has 2 aliphatic heterocycles. The molecule has 0 aromatic heterocycles. The molecule has 0 radical (unpaired) electrons. The number of amidine groups is 1. The third-order valence-corrected chi connectivity index (χ3v) is 6.33. The van der Waals surface area contributed by atoms with E-state index in [1.54, 1.807) is 45.2 Å². The predicted molar refractivity (Wildman–Crippen MR) is 140 cm³/mol. The summed E-state index contributed by atoms with van der Waals surface area (Å²) in [7, 11) is 1.54. The van der Waals surface area contributed by atoms with Crippen LogP contribution in [0, 0.1) is 5.82 Å². The van der Waals surface area contributed by atoms with Gasteiger partial charge in [0.05, 0.1) is 35.9 Å². The quantitative estimate of drug-likeness (QED) is 0.499. The van der Waals surface area contributed by atoms with Crippen molar-refractivity contribution in [2.75, 3.05) is 19.0 Å². The van der Waals surface area contributed by atoms with Crippen molar-refractivity contribution in [3.63, 3.8) is 0 Å². The summed E-state index contributed by atoms with van der Waals surface area (Å²) in [6, 6.07) is 11.5. The molecule has 0 saturated carbocycles. The monoisotopic (exact) mass is 575 g/mol. The van der Waals surface area contributed by atoms with Gasteiger partial charge in [-0.15, -0.1) is 17.0 Å². The number of nitrogens with one attached hydrogen (secondary N) is 1. The van der Waals surface area contributed by atoms with Crippen LogP contribution in [0.3, 0.4) is 0 Å². The summed E-state index contributed by atoms with van der Waals surface area (Å²) in [5, 5.41) is 2.90. The molecular weight excluding hydrogens is 553 g/mol. The third-order valence-electron chi connectivity index (χ3n) is 5.34. The number of hydrogen-bond donors (Lipinski definition) is 1. The molecule has 2 aliphatic rings. The van der Waals surface area contributed by atoms with Crippen molar-refractivity contribution in [3.8, 4) is 5.75 Å². The van der Waals surface area contributed by atoms with Gasteiger partial charge in [-0.05, 0) is 67.6 Å². The number of amides is 2. The van der Waals surface area contributed by atoms with Crippen LogP contribution in [0.1, 0.15) is 25.5 Å². The molecule has 8 nitrogen and oxygen atoms in total. The van der Waals surface area contributed by atoms with Crippen LogP contribution in [0.25, 0.3) is 0 Å². The lowest BCUT2D eigenvalue weighted by Crippen LogP contribution is -2.45. The minimum absolute atomic E-state index is 0. The molecule has 4 rings (SSSR count). The van der Waals surface area contributed by atoms with Gasteiger partial charge in [-0.1, -0.05) is 12.1 Å². The second-order valence-corrected chi connectivity index (χ2v) is 8.58. The molecule has 1 atom stereocenters. The van der Waals surface area contributed by atoms with Crippen LogP contribution in [0.5, 0.6) is 5.75 Å². The highest BCUT2D eigenvalue weighted by atomic mass is 79.9. The molecule has 0 aliphatic carbocycles. The summed E-state index contributed by atoms with van der Waals surface area (Å²) in [5.74, 6) is -1.43. The first-order valence-electron chi connectivity index (χ1n) is 10.7. The molecule has 1 N–H and O–H groups in total. The lowest BCUT2D eigenvalue weighted by molar-refractivity contribution is -0.139. The van der Waals surface area contributed by atoms with E-state index >= 15 is 0 Å². The van der Waals surface area contributed by atoms with E-state index in [0.717, 1.165) is 11.8 Å². The molecule has 36 heavy (non-hydrogen) atoms. The molecule has 2 aromatic carbocycles. The maximum absolute atomic E-state index is 13.3. The Morgan fingerprint density at radius 3 is 2.42 bits per heavy atom. The highest BCUT2D eigenvalue weighted by Crippen LogP contribution is 2.42. The van der Waals surface area contributed by atoms with Crippen LogP contribution in [-0.2, 0) is 19.1 Å². The average Bonchev–Trinajstić information content (AvgIpc) is 2.84. The van der Waals surface area contributed by atoms with Crippen LogP contribution in [0.2, 0.25) is 0 Å². The molecule has 0 bridgehead atoms. The van der Waals surface area contributed by atoms with Gasteiger partial charge in [-0.2, -0.15) is 0 Å². The summed E-state index contributed by atoms with van der Waals surface area (Å²) in [5.41, 5.74) is 1.66. The number of hydrogen-bond acceptors (Lipinski definition) is 7.